The monoisotopic (exact) mass is 409 g/mol. The van der Waals surface area contributed by atoms with Gasteiger partial charge in [-0.05, 0) is 69.0 Å². The van der Waals surface area contributed by atoms with Gasteiger partial charge >= 0.3 is 0 Å². The van der Waals surface area contributed by atoms with Crippen LogP contribution in [-0.4, -0.2) is 25.1 Å². The van der Waals surface area contributed by atoms with E-state index >= 15 is 0 Å². The molecule has 28 heavy (non-hydrogen) atoms. The first kappa shape index (κ1) is 19.9. The van der Waals surface area contributed by atoms with Crippen LogP contribution < -0.4 is 5.32 Å². The molecule has 4 aromatic heterocycles. The Morgan fingerprint density at radius 2 is 1.86 bits per heavy atom. The van der Waals surface area contributed by atoms with Crippen molar-refractivity contribution in [3.05, 3.63) is 65.4 Å². The number of halogens is 1. The van der Waals surface area contributed by atoms with Crippen molar-refractivity contribution in [1.82, 2.24) is 19.6 Å². The van der Waals surface area contributed by atoms with Crippen LogP contribution in [0.1, 0.15) is 31.3 Å². The van der Waals surface area contributed by atoms with Crippen molar-refractivity contribution in [2.75, 3.05) is 5.32 Å². The first-order valence-corrected chi connectivity index (χ1v) is 9.46. The summed E-state index contributed by atoms with van der Waals surface area (Å²) in [6.07, 6.45) is 3.52. The zero-order chi connectivity index (χ0) is 18.9. The van der Waals surface area contributed by atoms with Crippen molar-refractivity contribution in [3.8, 4) is 22.4 Å². The van der Waals surface area contributed by atoms with Gasteiger partial charge < -0.3 is 5.32 Å². The number of anilines is 1. The van der Waals surface area contributed by atoms with E-state index in [-0.39, 0.29) is 17.9 Å². The quantitative estimate of drug-likeness (QED) is 0.479. The second-order valence-electron chi connectivity index (χ2n) is 7.11. The fourth-order valence-electron chi connectivity index (χ4n) is 2.62. The summed E-state index contributed by atoms with van der Waals surface area (Å²) in [6.45, 7) is 6.37. The predicted molar refractivity (Wildman–Crippen MR) is 117 cm³/mol. The molecule has 0 aromatic carbocycles. The molecule has 0 fully saturated rings. The Balaban J connectivity index is 0.00000225. The van der Waals surface area contributed by atoms with E-state index in [1.807, 2.05) is 40.9 Å². The lowest BCUT2D eigenvalue weighted by molar-refractivity contribution is 0.626. The lowest BCUT2D eigenvalue weighted by Gasteiger charge is -2.21. The number of nitrogens with zero attached hydrogens (tertiary/aromatic N) is 4. The molecule has 0 radical (unpaired) electrons. The van der Waals surface area contributed by atoms with E-state index in [4.69, 9.17) is 4.98 Å². The molecule has 7 heteroatoms. The smallest absolute Gasteiger partial charge is 0.157 e. The summed E-state index contributed by atoms with van der Waals surface area (Å²) in [5, 5.41) is 7.99. The summed E-state index contributed by atoms with van der Waals surface area (Å²) >= 11 is 1.62. The molecule has 0 spiro atoms. The zero-order valence-electron chi connectivity index (χ0n) is 15.8. The molecule has 0 saturated heterocycles. The number of thiophene rings is 1. The van der Waals surface area contributed by atoms with Gasteiger partial charge in [0.05, 0.1) is 9.75 Å². The number of imidazole rings is 1. The third kappa shape index (κ3) is 4.33. The molecule has 142 valence electrons. The second kappa shape index (κ2) is 8.01. The Morgan fingerprint density at radius 1 is 1.00 bits per heavy atom. The van der Waals surface area contributed by atoms with Crippen molar-refractivity contribution < 1.29 is 0 Å². The standard InChI is InChI=1S/C21H19N5S.ClH/c1-21(2,3)25-20-19(24-18-8-6-14-23-26(18)20)17-12-11-16(27-17)10-9-15-7-4-5-13-22-15;/h4-8,11-14,25H,1-3H3;1H. The normalized spacial score (nSPS) is 10.8. The van der Waals surface area contributed by atoms with Gasteiger partial charge in [-0.2, -0.15) is 9.61 Å². The highest BCUT2D eigenvalue weighted by Gasteiger charge is 2.20. The number of hydrogen-bond acceptors (Lipinski definition) is 5. The fourth-order valence-corrected chi connectivity index (χ4v) is 3.47. The molecule has 0 aliphatic rings. The Hall–Kier alpha value is -2.88. The van der Waals surface area contributed by atoms with Gasteiger partial charge in [0.25, 0.3) is 0 Å². The van der Waals surface area contributed by atoms with Gasteiger partial charge in [-0.25, -0.2) is 9.97 Å². The summed E-state index contributed by atoms with van der Waals surface area (Å²) in [4.78, 5) is 11.1. The third-order valence-corrected chi connectivity index (χ3v) is 4.71. The third-order valence-electron chi connectivity index (χ3n) is 3.70. The SMILES string of the molecule is CC(C)(C)Nc1c(-c2ccc(C#Cc3ccccn3)s2)nc2cccnn12.Cl. The first-order valence-electron chi connectivity index (χ1n) is 8.65. The molecule has 0 saturated carbocycles. The molecule has 0 bridgehead atoms. The molecule has 0 amide bonds. The Kier molecular flexibility index (Phi) is 5.68. The summed E-state index contributed by atoms with van der Waals surface area (Å²) in [5.41, 5.74) is 2.36. The number of nitrogens with one attached hydrogen (secondary N) is 1. The van der Waals surface area contributed by atoms with Crippen molar-refractivity contribution in [3.63, 3.8) is 0 Å². The summed E-state index contributed by atoms with van der Waals surface area (Å²) in [7, 11) is 0. The van der Waals surface area contributed by atoms with Crippen LogP contribution in [0.3, 0.4) is 0 Å². The lowest BCUT2D eigenvalue weighted by atomic mass is 10.1. The van der Waals surface area contributed by atoms with Crippen LogP contribution >= 0.6 is 23.7 Å². The van der Waals surface area contributed by atoms with Crippen molar-refractivity contribution >= 4 is 35.2 Å². The van der Waals surface area contributed by atoms with Gasteiger partial charge in [0.1, 0.15) is 11.4 Å². The minimum absolute atomic E-state index is 0. The van der Waals surface area contributed by atoms with Crippen molar-refractivity contribution in [2.24, 2.45) is 0 Å². The van der Waals surface area contributed by atoms with Crippen molar-refractivity contribution in [2.45, 2.75) is 26.3 Å². The molecule has 4 heterocycles. The molecule has 5 nitrogen and oxygen atoms in total. The molecule has 0 atom stereocenters. The molecule has 1 N–H and O–H groups in total. The average molecular weight is 410 g/mol. The Morgan fingerprint density at radius 3 is 2.61 bits per heavy atom. The van der Waals surface area contributed by atoms with Gasteiger partial charge in [-0.15, -0.1) is 23.7 Å². The van der Waals surface area contributed by atoms with E-state index < -0.39 is 0 Å². The van der Waals surface area contributed by atoms with Crippen LogP contribution in [-0.2, 0) is 0 Å². The van der Waals surface area contributed by atoms with E-state index in [2.05, 4.69) is 54.1 Å². The summed E-state index contributed by atoms with van der Waals surface area (Å²) in [6, 6.07) is 13.7. The Bertz CT molecular complexity index is 1150. The summed E-state index contributed by atoms with van der Waals surface area (Å²) in [5.74, 6) is 7.18. The van der Waals surface area contributed by atoms with Gasteiger partial charge in [0.15, 0.2) is 11.5 Å². The predicted octanol–water partition coefficient (Wildman–Crippen LogP) is 4.88. The van der Waals surface area contributed by atoms with Crippen LogP contribution in [0.5, 0.6) is 0 Å². The highest BCUT2D eigenvalue weighted by molar-refractivity contribution is 7.16. The Labute approximate surface area is 174 Å². The maximum absolute atomic E-state index is 4.79. The number of pyridine rings is 1. The van der Waals surface area contributed by atoms with Crippen LogP contribution in [0.2, 0.25) is 0 Å². The highest BCUT2D eigenvalue weighted by atomic mass is 35.5. The highest BCUT2D eigenvalue weighted by Crippen LogP contribution is 2.34. The maximum Gasteiger partial charge on any atom is 0.157 e. The van der Waals surface area contributed by atoms with Gasteiger partial charge in [-0.3, -0.25) is 0 Å². The van der Waals surface area contributed by atoms with Crippen LogP contribution in [0.25, 0.3) is 16.2 Å². The molecule has 0 unspecified atom stereocenters. The lowest BCUT2D eigenvalue weighted by Crippen LogP contribution is -2.27. The van der Waals surface area contributed by atoms with Crippen LogP contribution in [0.15, 0.2) is 54.9 Å². The fraction of sp³-hybridized carbons (Fsp3) is 0.190. The van der Waals surface area contributed by atoms with E-state index in [1.54, 1.807) is 23.7 Å². The molecule has 0 aliphatic heterocycles. The number of hydrogen-bond donors (Lipinski definition) is 1. The zero-order valence-corrected chi connectivity index (χ0v) is 17.4. The first-order chi connectivity index (χ1) is 13.0. The number of aromatic nitrogens is 4. The second-order valence-corrected chi connectivity index (χ2v) is 8.19. The van der Waals surface area contributed by atoms with Crippen LogP contribution in [0.4, 0.5) is 5.82 Å². The number of rotatable bonds is 2. The molecule has 4 rings (SSSR count). The van der Waals surface area contributed by atoms with Gasteiger partial charge in [0, 0.05) is 17.9 Å². The van der Waals surface area contributed by atoms with Gasteiger partial charge in [-0.1, -0.05) is 6.07 Å². The molecule has 0 aliphatic carbocycles. The van der Waals surface area contributed by atoms with Gasteiger partial charge in [0.2, 0.25) is 0 Å². The van der Waals surface area contributed by atoms with E-state index in [0.29, 0.717) is 0 Å². The largest absolute Gasteiger partial charge is 0.364 e. The number of fused-ring (bicyclic) bond motifs is 1. The van der Waals surface area contributed by atoms with E-state index in [9.17, 15) is 0 Å². The molecular formula is C21H20ClN5S. The van der Waals surface area contributed by atoms with E-state index in [1.165, 1.54) is 0 Å². The van der Waals surface area contributed by atoms with E-state index in [0.717, 1.165) is 32.6 Å². The summed E-state index contributed by atoms with van der Waals surface area (Å²) < 4.78 is 1.85. The topological polar surface area (TPSA) is 55.1 Å². The minimum Gasteiger partial charge on any atom is -0.364 e. The molecular weight excluding hydrogens is 390 g/mol. The van der Waals surface area contributed by atoms with Crippen LogP contribution in [0, 0.1) is 11.8 Å². The molecule has 4 aromatic rings. The maximum atomic E-state index is 4.79. The minimum atomic E-state index is -0.110. The van der Waals surface area contributed by atoms with Crippen molar-refractivity contribution in [1.29, 1.82) is 0 Å². The average Bonchev–Trinajstić information content (AvgIpc) is 3.25.